The Morgan fingerprint density at radius 3 is 2.84 bits per heavy atom. The highest BCUT2D eigenvalue weighted by Crippen LogP contribution is 2.28. The van der Waals surface area contributed by atoms with E-state index in [1.807, 2.05) is 19.1 Å². The van der Waals surface area contributed by atoms with Gasteiger partial charge in [-0.05, 0) is 48.7 Å². The highest BCUT2D eigenvalue weighted by Gasteiger charge is 2.23. The van der Waals surface area contributed by atoms with Crippen molar-refractivity contribution in [1.29, 1.82) is 0 Å². The molecule has 0 radical (unpaired) electrons. The Labute approximate surface area is 153 Å². The fourth-order valence-corrected chi connectivity index (χ4v) is 4.63. The average molecular weight is 382 g/mol. The van der Waals surface area contributed by atoms with Gasteiger partial charge in [-0.3, -0.25) is 0 Å². The summed E-state index contributed by atoms with van der Waals surface area (Å²) in [4.78, 5) is 0.0386. The predicted octanol–water partition coefficient (Wildman–Crippen LogP) is 3.19. The van der Waals surface area contributed by atoms with Gasteiger partial charge in [-0.25, -0.2) is 13.1 Å². The molecule has 0 aliphatic carbocycles. The number of ether oxygens (including phenoxy) is 2. The zero-order valence-electron chi connectivity index (χ0n) is 14.1. The van der Waals surface area contributed by atoms with Crippen LogP contribution in [0.25, 0.3) is 0 Å². The van der Waals surface area contributed by atoms with Crippen molar-refractivity contribution < 1.29 is 17.9 Å². The van der Waals surface area contributed by atoms with Gasteiger partial charge in [-0.2, -0.15) is 0 Å². The van der Waals surface area contributed by atoms with Crippen LogP contribution >= 0.6 is 11.6 Å². The monoisotopic (exact) mass is 381 g/mol. The van der Waals surface area contributed by atoms with Crippen LogP contribution in [-0.2, 0) is 22.9 Å². The molecule has 7 heteroatoms. The largest absolute Gasteiger partial charge is 0.495 e. The van der Waals surface area contributed by atoms with E-state index in [-0.39, 0.29) is 16.7 Å². The van der Waals surface area contributed by atoms with Gasteiger partial charge < -0.3 is 9.47 Å². The van der Waals surface area contributed by atoms with Crippen LogP contribution in [0.3, 0.4) is 0 Å². The maximum atomic E-state index is 12.7. The molecule has 2 aromatic carbocycles. The zero-order valence-corrected chi connectivity index (χ0v) is 15.7. The first-order valence-electron chi connectivity index (χ1n) is 7.99. The lowest BCUT2D eigenvalue weighted by Crippen LogP contribution is -2.34. The Kier molecular flexibility index (Phi) is 5.22. The van der Waals surface area contributed by atoms with Crippen molar-refractivity contribution in [2.45, 2.75) is 30.7 Å². The molecule has 25 heavy (non-hydrogen) atoms. The van der Waals surface area contributed by atoms with Crippen molar-refractivity contribution in [3.8, 4) is 11.5 Å². The van der Waals surface area contributed by atoms with Crippen LogP contribution in [-0.4, -0.2) is 28.2 Å². The quantitative estimate of drug-likeness (QED) is 0.834. The highest BCUT2D eigenvalue weighted by molar-refractivity contribution is 7.89. The summed E-state index contributed by atoms with van der Waals surface area (Å²) in [6.07, 6.45) is 1.47. The first-order valence-corrected chi connectivity index (χ1v) is 9.85. The summed E-state index contributed by atoms with van der Waals surface area (Å²) in [6, 6.07) is 10.2. The number of rotatable bonds is 6. The first kappa shape index (κ1) is 18.0. The van der Waals surface area contributed by atoms with Gasteiger partial charge in [0.2, 0.25) is 10.0 Å². The third-order valence-corrected chi connectivity index (χ3v) is 5.91. The molecule has 2 aromatic rings. The summed E-state index contributed by atoms with van der Waals surface area (Å²) in [5, 5.41) is 0.340. The number of halogens is 1. The van der Waals surface area contributed by atoms with E-state index in [2.05, 4.69) is 10.8 Å². The van der Waals surface area contributed by atoms with Crippen LogP contribution in [0.2, 0.25) is 5.02 Å². The summed E-state index contributed by atoms with van der Waals surface area (Å²) < 4.78 is 38.7. The van der Waals surface area contributed by atoms with Crippen molar-refractivity contribution >= 4 is 21.6 Å². The Bertz CT molecular complexity index is 883. The fourth-order valence-electron chi connectivity index (χ4n) is 2.95. The number of methoxy groups -OCH3 is 1. The fraction of sp³-hybridized carbons (Fsp3) is 0.333. The van der Waals surface area contributed by atoms with Gasteiger partial charge in [-0.15, -0.1) is 0 Å². The molecule has 0 amide bonds. The minimum atomic E-state index is -3.74. The zero-order chi connectivity index (χ0) is 18.0. The van der Waals surface area contributed by atoms with E-state index in [4.69, 9.17) is 21.1 Å². The average Bonchev–Trinajstić information content (AvgIpc) is 3.02. The lowest BCUT2D eigenvalue weighted by atomic mass is 10.0. The Morgan fingerprint density at radius 2 is 2.08 bits per heavy atom. The molecule has 0 saturated carbocycles. The summed E-state index contributed by atoms with van der Waals surface area (Å²) >= 11 is 5.94. The molecule has 0 saturated heterocycles. The molecule has 1 aliphatic rings. The van der Waals surface area contributed by atoms with Crippen LogP contribution in [0.1, 0.15) is 18.1 Å². The summed E-state index contributed by atoms with van der Waals surface area (Å²) in [5.74, 6) is 1.18. The molecule has 1 N–H and O–H groups in total. The van der Waals surface area contributed by atoms with Crippen molar-refractivity contribution in [2.75, 3.05) is 13.7 Å². The molecule has 0 aromatic heterocycles. The third-order valence-electron chi connectivity index (χ3n) is 4.07. The molecule has 0 spiro atoms. The number of hydrogen-bond donors (Lipinski definition) is 1. The van der Waals surface area contributed by atoms with E-state index >= 15 is 0 Å². The van der Waals surface area contributed by atoms with Gasteiger partial charge in [-0.1, -0.05) is 23.7 Å². The first-order chi connectivity index (χ1) is 11.9. The maximum Gasteiger partial charge on any atom is 0.244 e. The van der Waals surface area contributed by atoms with Crippen LogP contribution in [0.15, 0.2) is 41.3 Å². The molecule has 5 nitrogen and oxygen atoms in total. The van der Waals surface area contributed by atoms with E-state index in [0.29, 0.717) is 18.1 Å². The van der Waals surface area contributed by atoms with Gasteiger partial charge in [0, 0.05) is 17.5 Å². The van der Waals surface area contributed by atoms with Crippen LogP contribution in [0, 0.1) is 0 Å². The number of fused-ring (bicyclic) bond motifs is 1. The van der Waals surface area contributed by atoms with Crippen molar-refractivity contribution in [3.05, 3.63) is 52.5 Å². The lowest BCUT2D eigenvalue weighted by molar-refractivity contribution is 0.357. The lowest BCUT2D eigenvalue weighted by Gasteiger charge is -2.16. The number of nitrogens with one attached hydrogen (secondary N) is 1. The predicted molar refractivity (Wildman–Crippen MR) is 97.1 cm³/mol. The van der Waals surface area contributed by atoms with Crippen LogP contribution in [0.4, 0.5) is 0 Å². The number of benzene rings is 2. The van der Waals surface area contributed by atoms with Crippen molar-refractivity contribution in [2.24, 2.45) is 0 Å². The Balaban J connectivity index is 1.75. The number of hydrogen-bond acceptors (Lipinski definition) is 4. The van der Waals surface area contributed by atoms with E-state index in [1.54, 1.807) is 12.1 Å². The molecular formula is C18H20ClNO4S. The summed E-state index contributed by atoms with van der Waals surface area (Å²) in [6.45, 7) is 2.54. The van der Waals surface area contributed by atoms with Crippen LogP contribution in [0.5, 0.6) is 11.5 Å². The molecule has 0 fully saturated rings. The smallest absolute Gasteiger partial charge is 0.244 e. The third kappa shape index (κ3) is 4.08. The highest BCUT2D eigenvalue weighted by atomic mass is 35.5. The molecular weight excluding hydrogens is 362 g/mol. The van der Waals surface area contributed by atoms with Gasteiger partial charge in [0.05, 0.1) is 13.7 Å². The number of sulfonamides is 1. The van der Waals surface area contributed by atoms with Gasteiger partial charge in [0.15, 0.2) is 0 Å². The van der Waals surface area contributed by atoms with Crippen molar-refractivity contribution in [3.63, 3.8) is 0 Å². The molecule has 134 valence electrons. The van der Waals surface area contributed by atoms with Gasteiger partial charge in [0.1, 0.15) is 16.4 Å². The van der Waals surface area contributed by atoms with E-state index in [1.165, 1.54) is 18.7 Å². The minimum Gasteiger partial charge on any atom is -0.495 e. The van der Waals surface area contributed by atoms with E-state index in [0.717, 1.165) is 17.7 Å². The topological polar surface area (TPSA) is 64.6 Å². The van der Waals surface area contributed by atoms with Gasteiger partial charge in [0.25, 0.3) is 0 Å². The second kappa shape index (κ2) is 7.23. The van der Waals surface area contributed by atoms with Crippen LogP contribution < -0.4 is 14.2 Å². The van der Waals surface area contributed by atoms with Gasteiger partial charge >= 0.3 is 0 Å². The summed E-state index contributed by atoms with van der Waals surface area (Å²) in [5.41, 5.74) is 2.24. The van der Waals surface area contributed by atoms with Crippen molar-refractivity contribution in [1.82, 2.24) is 4.72 Å². The second-order valence-corrected chi connectivity index (χ2v) is 8.18. The second-order valence-electron chi connectivity index (χ2n) is 6.06. The Hall–Kier alpha value is -1.76. The molecule has 1 atom stereocenters. The molecule has 3 rings (SSSR count). The molecule has 1 aliphatic heterocycles. The molecule has 1 heterocycles. The van der Waals surface area contributed by atoms with E-state index in [9.17, 15) is 8.42 Å². The molecule has 0 unspecified atom stereocenters. The Morgan fingerprint density at radius 1 is 1.28 bits per heavy atom. The minimum absolute atomic E-state index is 0.0386. The van der Waals surface area contributed by atoms with E-state index < -0.39 is 10.0 Å². The SMILES string of the molecule is COc1ccc(Cl)cc1S(=O)(=O)N[C@@H](C)Cc1ccc2c(c1)CCO2. The summed E-state index contributed by atoms with van der Waals surface area (Å²) in [7, 11) is -2.31. The maximum absolute atomic E-state index is 12.7. The normalized spacial score (nSPS) is 14.7. The standard InChI is InChI=1S/C18H20ClNO4S/c1-12(9-13-3-5-16-14(10-13)7-8-24-16)20-25(21,22)18-11-15(19)4-6-17(18)23-2/h3-6,10-12,20H,7-9H2,1-2H3/t12-/m0/s1. The molecule has 0 bridgehead atoms.